The summed E-state index contributed by atoms with van der Waals surface area (Å²) in [5.41, 5.74) is 4.48. The highest BCUT2D eigenvalue weighted by Gasteiger charge is 2.12. The van der Waals surface area contributed by atoms with Crippen LogP contribution in [0.3, 0.4) is 0 Å². The molecule has 3 heteroatoms. The molecule has 0 aromatic rings. The van der Waals surface area contributed by atoms with Crippen molar-refractivity contribution in [3.05, 3.63) is 22.8 Å². The minimum Gasteiger partial charge on any atom is -0.147 e. The van der Waals surface area contributed by atoms with Crippen LogP contribution in [0.1, 0.15) is 27.7 Å². The maximum Gasteiger partial charge on any atom is 0.0135 e. The lowest BCUT2D eigenvalue weighted by molar-refractivity contribution is 0.875. The van der Waals surface area contributed by atoms with Gasteiger partial charge in [0.25, 0.3) is 0 Å². The van der Waals surface area contributed by atoms with Gasteiger partial charge < -0.3 is 0 Å². The van der Waals surface area contributed by atoms with E-state index in [1.165, 1.54) is 16.7 Å². The van der Waals surface area contributed by atoms with Crippen molar-refractivity contribution < 1.29 is 0 Å². The van der Waals surface area contributed by atoms with E-state index in [0.29, 0.717) is 15.4 Å². The van der Waals surface area contributed by atoms with Crippen LogP contribution >= 0.6 is 24.8 Å². The normalized spacial score (nSPS) is 18.7. The molecule has 0 fully saturated rings. The molecule has 86 valence electrons. The monoisotopic (exact) mass is 254 g/mol. The first-order valence-electron chi connectivity index (χ1n) is 4.90. The van der Waals surface area contributed by atoms with Gasteiger partial charge in [0.05, 0.1) is 0 Å². The highest BCUT2D eigenvalue weighted by molar-refractivity contribution is 6.31. The second-order valence-corrected chi connectivity index (χ2v) is 5.07. The smallest absolute Gasteiger partial charge is 0.0135 e. The Morgan fingerprint density at radius 1 is 1.07 bits per heavy atom. The molecule has 0 saturated carbocycles. The maximum atomic E-state index is 2.32. The average molecular weight is 255 g/mol. The summed E-state index contributed by atoms with van der Waals surface area (Å²) >= 11 is 0. The van der Waals surface area contributed by atoms with E-state index >= 15 is 0 Å². The summed E-state index contributed by atoms with van der Waals surface area (Å²) in [5.74, 6) is 0.685. The molecular weight excluding hydrogens is 231 g/mol. The van der Waals surface area contributed by atoms with Crippen molar-refractivity contribution in [2.45, 2.75) is 40.8 Å². The van der Waals surface area contributed by atoms with Gasteiger partial charge in [-0.05, 0) is 32.3 Å². The van der Waals surface area contributed by atoms with Gasteiger partial charge in [0.15, 0.2) is 0 Å². The zero-order valence-corrected chi connectivity index (χ0v) is 13.2. The molecule has 0 N–H and O–H groups in total. The van der Waals surface area contributed by atoms with Crippen LogP contribution < -0.4 is 0 Å². The van der Waals surface area contributed by atoms with E-state index < -0.39 is 0 Å². The second kappa shape index (κ2) is 9.82. The largest absolute Gasteiger partial charge is 0.147 e. The molecule has 0 nitrogen and oxygen atoms in total. The Kier molecular flexibility index (Phi) is 13.9. The summed E-state index contributed by atoms with van der Waals surface area (Å²) in [6.45, 7) is 13.4. The zero-order chi connectivity index (χ0) is 9.72. The molecule has 1 atom stereocenters. The van der Waals surface area contributed by atoms with Crippen molar-refractivity contribution in [2.75, 3.05) is 0 Å². The molecule has 0 heterocycles. The van der Waals surface area contributed by atoms with E-state index in [1.54, 1.807) is 0 Å². The van der Waals surface area contributed by atoms with Gasteiger partial charge >= 0.3 is 0 Å². The van der Waals surface area contributed by atoms with Gasteiger partial charge in [-0.1, -0.05) is 37.2 Å². The zero-order valence-electron chi connectivity index (χ0n) is 10.2. The third kappa shape index (κ3) is 5.89. The summed E-state index contributed by atoms with van der Waals surface area (Å²) in [6.07, 6.45) is 2.32. The lowest BCUT2D eigenvalue weighted by Crippen LogP contribution is -1.85. The average Bonchev–Trinajstić information content (AvgIpc) is 2.20. The highest BCUT2D eigenvalue weighted by atomic mass is 35.5. The van der Waals surface area contributed by atoms with Crippen molar-refractivity contribution in [1.82, 2.24) is 0 Å². The van der Waals surface area contributed by atoms with Crippen molar-refractivity contribution >= 4 is 34.3 Å². The van der Waals surface area contributed by atoms with Gasteiger partial charge in [-0.15, -0.1) is 24.8 Å². The fraction of sp³-hybridized carbons (Fsp3) is 0.636. The highest BCUT2D eigenvalue weighted by Crippen LogP contribution is 2.29. The van der Waals surface area contributed by atoms with Gasteiger partial charge in [0, 0.05) is 9.52 Å². The van der Waals surface area contributed by atoms with E-state index in [2.05, 4.69) is 46.9 Å². The van der Waals surface area contributed by atoms with Crippen LogP contribution in [0.2, 0.25) is 13.1 Å². The third-order valence-corrected chi connectivity index (χ3v) is 2.37. The van der Waals surface area contributed by atoms with Gasteiger partial charge in [-0.25, -0.2) is 0 Å². The minimum atomic E-state index is 0. The fourth-order valence-electron chi connectivity index (χ4n) is 1.28. The maximum absolute atomic E-state index is 2.32. The second-order valence-electron chi connectivity index (χ2n) is 3.65. The SMILES string of the molecule is CC1=CC(C)C(C)=C1C.C[SiH2]C.Cl.Cl. The molecule has 0 aromatic heterocycles. The summed E-state index contributed by atoms with van der Waals surface area (Å²) in [6, 6.07) is 0. The van der Waals surface area contributed by atoms with Gasteiger partial charge in [0.1, 0.15) is 0 Å². The summed E-state index contributed by atoms with van der Waals surface area (Å²) in [4.78, 5) is 0. The van der Waals surface area contributed by atoms with Crippen molar-refractivity contribution in [1.29, 1.82) is 0 Å². The summed E-state index contributed by atoms with van der Waals surface area (Å²) in [5, 5.41) is 0. The van der Waals surface area contributed by atoms with Crippen LogP contribution in [0.4, 0.5) is 0 Å². The van der Waals surface area contributed by atoms with Crippen molar-refractivity contribution in [3.8, 4) is 0 Å². The molecule has 1 unspecified atom stereocenters. The topological polar surface area (TPSA) is 0 Å². The quantitative estimate of drug-likeness (QED) is 0.574. The summed E-state index contributed by atoms with van der Waals surface area (Å²) < 4.78 is 0. The van der Waals surface area contributed by atoms with Crippen LogP contribution in [0.15, 0.2) is 22.8 Å². The molecule has 1 aliphatic carbocycles. The first-order valence-corrected chi connectivity index (χ1v) is 7.73. The van der Waals surface area contributed by atoms with E-state index in [-0.39, 0.29) is 24.8 Å². The molecule has 1 rings (SSSR count). The predicted molar refractivity (Wildman–Crippen MR) is 76.1 cm³/mol. The standard InChI is InChI=1S/C9H14.C2H8Si.2ClH/c1-6-5-7(2)9(4)8(6)3;1-3-2;;/h5-6H,1-4H3;3H2,1-2H3;2*1H. The Morgan fingerprint density at radius 2 is 1.43 bits per heavy atom. The van der Waals surface area contributed by atoms with E-state index in [1.807, 2.05) is 0 Å². The Morgan fingerprint density at radius 3 is 1.50 bits per heavy atom. The lowest BCUT2D eigenvalue weighted by atomic mass is 10.1. The molecule has 0 bridgehead atoms. The predicted octanol–water partition coefficient (Wildman–Crippen LogP) is 4.01. The number of halogens is 2. The molecular formula is C11H24Cl2Si. The molecule has 14 heavy (non-hydrogen) atoms. The molecule has 0 aliphatic heterocycles. The van der Waals surface area contributed by atoms with Crippen LogP contribution in [-0.4, -0.2) is 9.52 Å². The Labute approximate surface area is 104 Å². The molecule has 0 aromatic carbocycles. The van der Waals surface area contributed by atoms with Crippen molar-refractivity contribution in [3.63, 3.8) is 0 Å². The molecule has 0 amide bonds. The van der Waals surface area contributed by atoms with Crippen LogP contribution in [0.25, 0.3) is 0 Å². The molecule has 0 saturated heterocycles. The van der Waals surface area contributed by atoms with E-state index in [0.717, 1.165) is 0 Å². The van der Waals surface area contributed by atoms with E-state index in [9.17, 15) is 0 Å². The number of hydrogen-bond donors (Lipinski definition) is 0. The van der Waals surface area contributed by atoms with Gasteiger partial charge in [0.2, 0.25) is 0 Å². The minimum absolute atomic E-state index is 0. The first-order chi connectivity index (χ1) is 5.54. The van der Waals surface area contributed by atoms with Gasteiger partial charge in [-0.2, -0.15) is 0 Å². The van der Waals surface area contributed by atoms with Crippen LogP contribution in [-0.2, 0) is 0 Å². The Hall–Kier alpha value is 0.277. The van der Waals surface area contributed by atoms with Crippen LogP contribution in [0, 0.1) is 5.92 Å². The fourth-order valence-corrected chi connectivity index (χ4v) is 1.28. The Balaban J connectivity index is -0.000000218. The molecule has 0 spiro atoms. The molecule has 1 aliphatic rings. The number of hydrogen-bond acceptors (Lipinski definition) is 0. The number of allylic oxidation sites excluding steroid dienone is 4. The van der Waals surface area contributed by atoms with Crippen LogP contribution in [0.5, 0.6) is 0 Å². The van der Waals surface area contributed by atoms with E-state index in [4.69, 9.17) is 0 Å². The summed E-state index contributed by atoms with van der Waals surface area (Å²) in [7, 11) is 0.417. The lowest BCUT2D eigenvalue weighted by Gasteiger charge is -2.00. The third-order valence-electron chi connectivity index (χ3n) is 2.37. The van der Waals surface area contributed by atoms with Gasteiger partial charge in [-0.3, -0.25) is 0 Å². The van der Waals surface area contributed by atoms with Crippen molar-refractivity contribution in [2.24, 2.45) is 5.92 Å². The first kappa shape index (κ1) is 19.8. The number of rotatable bonds is 0. The molecule has 0 radical (unpaired) electrons. The Bertz CT molecular complexity index is 207.